The number of hydrogen-bond acceptors (Lipinski definition) is 5. The summed E-state index contributed by atoms with van der Waals surface area (Å²) in [6, 6.07) is 12.0. The molecular formula is C19H22N2O3S. The van der Waals surface area contributed by atoms with Crippen LogP contribution in [-0.4, -0.2) is 38.0 Å². The molecule has 1 aromatic heterocycles. The van der Waals surface area contributed by atoms with Crippen LogP contribution in [0.3, 0.4) is 0 Å². The minimum absolute atomic E-state index is 0.0191. The second-order valence-electron chi connectivity index (χ2n) is 6.45. The van der Waals surface area contributed by atoms with Gasteiger partial charge in [0.2, 0.25) is 5.91 Å². The fourth-order valence-electron chi connectivity index (χ4n) is 3.42. The average Bonchev–Trinajstić information content (AvgIpc) is 3.29. The first kappa shape index (κ1) is 16.6. The third-order valence-corrected chi connectivity index (χ3v) is 5.65. The highest BCUT2D eigenvalue weighted by Crippen LogP contribution is 2.33. The number of anilines is 2. The Bertz CT molecular complexity index is 699. The Kier molecular flexibility index (Phi) is 4.74. The van der Waals surface area contributed by atoms with Gasteiger partial charge in [0.25, 0.3) is 0 Å². The molecule has 5 nitrogen and oxygen atoms in total. The summed E-state index contributed by atoms with van der Waals surface area (Å²) in [4.78, 5) is 15.5. The minimum atomic E-state index is -0.341. The number of rotatable bonds is 4. The van der Waals surface area contributed by atoms with E-state index in [1.54, 1.807) is 11.3 Å². The molecule has 2 fully saturated rings. The van der Waals surface area contributed by atoms with Gasteiger partial charge in [-0.15, -0.1) is 11.3 Å². The molecule has 2 aromatic rings. The molecule has 1 N–H and O–H groups in total. The third kappa shape index (κ3) is 3.86. The molecule has 2 saturated heterocycles. The van der Waals surface area contributed by atoms with Crippen LogP contribution >= 0.6 is 11.3 Å². The highest BCUT2D eigenvalue weighted by molar-refractivity contribution is 7.10. The van der Waals surface area contributed by atoms with Gasteiger partial charge in [-0.25, -0.2) is 0 Å². The van der Waals surface area contributed by atoms with E-state index in [1.165, 1.54) is 5.69 Å². The number of nitrogens with zero attached hydrogens (tertiary/aromatic N) is 1. The van der Waals surface area contributed by atoms with E-state index in [9.17, 15) is 4.79 Å². The molecule has 0 radical (unpaired) electrons. The molecule has 6 heteroatoms. The summed E-state index contributed by atoms with van der Waals surface area (Å²) >= 11 is 1.60. The van der Waals surface area contributed by atoms with Crippen LogP contribution in [0.1, 0.15) is 17.7 Å². The van der Waals surface area contributed by atoms with Crippen LogP contribution in [0.5, 0.6) is 0 Å². The SMILES string of the molecule is O=C(Cc1cccs1)Nc1ccc(N2CCC3(CC2)OCCO3)cc1. The van der Waals surface area contributed by atoms with Crippen LogP contribution < -0.4 is 10.2 Å². The Hall–Kier alpha value is -1.89. The fourth-order valence-corrected chi connectivity index (χ4v) is 4.13. The molecule has 1 spiro atoms. The van der Waals surface area contributed by atoms with Crippen molar-refractivity contribution < 1.29 is 14.3 Å². The number of benzene rings is 1. The summed E-state index contributed by atoms with van der Waals surface area (Å²) in [5.74, 6) is -0.322. The van der Waals surface area contributed by atoms with E-state index in [1.807, 2.05) is 29.6 Å². The number of amides is 1. The molecule has 2 aliphatic heterocycles. The lowest BCUT2D eigenvalue weighted by Crippen LogP contribution is -2.45. The van der Waals surface area contributed by atoms with Crippen LogP contribution in [0.2, 0.25) is 0 Å². The standard InChI is InChI=1S/C19H22N2O3S/c22-18(14-17-2-1-13-25-17)20-15-3-5-16(6-4-15)21-9-7-19(8-10-21)23-11-12-24-19/h1-6,13H,7-12,14H2,(H,20,22). The Labute approximate surface area is 151 Å². The Morgan fingerprint density at radius 2 is 1.84 bits per heavy atom. The van der Waals surface area contributed by atoms with Gasteiger partial charge in [-0.2, -0.15) is 0 Å². The summed E-state index contributed by atoms with van der Waals surface area (Å²) in [5, 5.41) is 4.95. The second kappa shape index (κ2) is 7.15. The Balaban J connectivity index is 1.32. The predicted octanol–water partition coefficient (Wildman–Crippen LogP) is 3.27. The summed E-state index contributed by atoms with van der Waals surface area (Å²) < 4.78 is 11.6. The molecule has 3 heterocycles. The van der Waals surface area contributed by atoms with Gasteiger partial charge >= 0.3 is 0 Å². The van der Waals surface area contributed by atoms with Crippen molar-refractivity contribution in [3.8, 4) is 0 Å². The summed E-state index contributed by atoms with van der Waals surface area (Å²) in [6.07, 6.45) is 2.21. The van der Waals surface area contributed by atoms with E-state index >= 15 is 0 Å². The maximum atomic E-state index is 12.1. The molecule has 0 atom stereocenters. The molecule has 25 heavy (non-hydrogen) atoms. The van der Waals surface area contributed by atoms with Gasteiger partial charge in [0.1, 0.15) is 0 Å². The van der Waals surface area contributed by atoms with E-state index in [-0.39, 0.29) is 11.7 Å². The van der Waals surface area contributed by atoms with Gasteiger partial charge < -0.3 is 19.7 Å². The van der Waals surface area contributed by atoms with Gasteiger partial charge in [0, 0.05) is 42.2 Å². The molecule has 0 aliphatic carbocycles. The Morgan fingerprint density at radius 1 is 1.12 bits per heavy atom. The molecule has 132 valence electrons. The number of nitrogens with one attached hydrogen (secondary N) is 1. The van der Waals surface area contributed by atoms with E-state index < -0.39 is 0 Å². The van der Waals surface area contributed by atoms with Gasteiger partial charge in [0.05, 0.1) is 19.6 Å². The zero-order chi connectivity index (χ0) is 17.1. The van der Waals surface area contributed by atoms with E-state index in [2.05, 4.69) is 22.3 Å². The molecular weight excluding hydrogens is 336 g/mol. The maximum Gasteiger partial charge on any atom is 0.229 e. The van der Waals surface area contributed by atoms with Crippen molar-refractivity contribution in [3.05, 3.63) is 46.7 Å². The second-order valence-corrected chi connectivity index (χ2v) is 7.48. The van der Waals surface area contributed by atoms with E-state index in [0.717, 1.165) is 36.5 Å². The minimum Gasteiger partial charge on any atom is -0.371 e. The maximum absolute atomic E-state index is 12.1. The van der Waals surface area contributed by atoms with Crippen LogP contribution in [0, 0.1) is 0 Å². The summed E-state index contributed by atoms with van der Waals surface area (Å²) in [5.41, 5.74) is 2.00. The van der Waals surface area contributed by atoms with Crippen molar-refractivity contribution in [1.29, 1.82) is 0 Å². The van der Waals surface area contributed by atoms with Crippen molar-refractivity contribution in [2.75, 3.05) is 36.5 Å². The number of piperidine rings is 1. The summed E-state index contributed by atoms with van der Waals surface area (Å²) in [7, 11) is 0. The molecule has 1 amide bonds. The van der Waals surface area contributed by atoms with Gasteiger partial charge in [0.15, 0.2) is 5.79 Å². The lowest BCUT2D eigenvalue weighted by Gasteiger charge is -2.38. The van der Waals surface area contributed by atoms with Crippen molar-refractivity contribution in [1.82, 2.24) is 0 Å². The van der Waals surface area contributed by atoms with Crippen molar-refractivity contribution >= 4 is 28.6 Å². The van der Waals surface area contributed by atoms with Gasteiger partial charge in [-0.05, 0) is 35.7 Å². The van der Waals surface area contributed by atoms with Gasteiger partial charge in [-0.3, -0.25) is 4.79 Å². The first-order valence-electron chi connectivity index (χ1n) is 8.68. The van der Waals surface area contributed by atoms with Crippen molar-refractivity contribution in [2.24, 2.45) is 0 Å². The largest absolute Gasteiger partial charge is 0.371 e. The van der Waals surface area contributed by atoms with Crippen LogP contribution in [0.4, 0.5) is 11.4 Å². The average molecular weight is 358 g/mol. The lowest BCUT2D eigenvalue weighted by molar-refractivity contribution is -0.169. The number of carbonyl (C=O) groups is 1. The third-order valence-electron chi connectivity index (χ3n) is 4.77. The van der Waals surface area contributed by atoms with Crippen molar-refractivity contribution in [2.45, 2.75) is 25.0 Å². The zero-order valence-electron chi connectivity index (χ0n) is 14.1. The van der Waals surface area contributed by atoms with Crippen LogP contribution in [-0.2, 0) is 20.7 Å². The number of carbonyl (C=O) groups excluding carboxylic acids is 1. The highest BCUT2D eigenvalue weighted by atomic mass is 32.1. The lowest BCUT2D eigenvalue weighted by atomic mass is 10.0. The molecule has 2 aliphatic rings. The monoisotopic (exact) mass is 358 g/mol. The van der Waals surface area contributed by atoms with E-state index in [0.29, 0.717) is 19.6 Å². The first-order chi connectivity index (χ1) is 12.2. The van der Waals surface area contributed by atoms with Gasteiger partial charge in [-0.1, -0.05) is 6.07 Å². The molecule has 1 aromatic carbocycles. The topological polar surface area (TPSA) is 50.8 Å². The molecule has 4 rings (SSSR count). The molecule has 0 saturated carbocycles. The fraction of sp³-hybridized carbons (Fsp3) is 0.421. The quantitative estimate of drug-likeness (QED) is 0.911. The Morgan fingerprint density at radius 3 is 2.48 bits per heavy atom. The number of ether oxygens (including phenoxy) is 2. The van der Waals surface area contributed by atoms with E-state index in [4.69, 9.17) is 9.47 Å². The normalized spacial score (nSPS) is 19.3. The predicted molar refractivity (Wildman–Crippen MR) is 99.2 cm³/mol. The number of thiophene rings is 1. The van der Waals surface area contributed by atoms with Crippen LogP contribution in [0.15, 0.2) is 41.8 Å². The smallest absolute Gasteiger partial charge is 0.229 e. The molecule has 0 bridgehead atoms. The highest BCUT2D eigenvalue weighted by Gasteiger charge is 2.39. The molecule has 0 unspecified atom stereocenters. The first-order valence-corrected chi connectivity index (χ1v) is 9.56. The number of hydrogen-bond donors (Lipinski definition) is 1. The summed E-state index contributed by atoms with van der Waals surface area (Å²) in [6.45, 7) is 3.26. The van der Waals surface area contributed by atoms with Crippen LogP contribution in [0.25, 0.3) is 0 Å². The zero-order valence-corrected chi connectivity index (χ0v) is 14.9. The van der Waals surface area contributed by atoms with Crippen molar-refractivity contribution in [3.63, 3.8) is 0 Å².